The second-order valence-electron chi connectivity index (χ2n) is 6.35. The zero-order valence-corrected chi connectivity index (χ0v) is 15.3. The van der Waals surface area contributed by atoms with E-state index in [0.717, 1.165) is 19.5 Å². The number of halogens is 1. The lowest BCUT2D eigenvalue weighted by Crippen LogP contribution is -3.00. The molecule has 1 aromatic heterocycles. The highest BCUT2D eigenvalue weighted by atomic mass is 35.5. The summed E-state index contributed by atoms with van der Waals surface area (Å²) < 4.78 is 0. The highest BCUT2D eigenvalue weighted by Crippen LogP contribution is 2.19. The molecule has 0 atom stereocenters. The molecule has 0 unspecified atom stereocenters. The molecule has 26 heavy (non-hydrogen) atoms. The van der Waals surface area contributed by atoms with Gasteiger partial charge < -0.3 is 22.7 Å². The minimum absolute atomic E-state index is 0. The predicted octanol–water partition coefficient (Wildman–Crippen LogP) is 2.17. The van der Waals surface area contributed by atoms with Gasteiger partial charge in [-0.25, -0.2) is 0 Å². The maximum atomic E-state index is 3.55. The fraction of sp³-hybridized carbons (Fsp3) is 0.130. The highest BCUT2D eigenvalue weighted by Gasteiger charge is 2.02. The van der Waals surface area contributed by atoms with E-state index in [2.05, 4.69) is 95.4 Å². The van der Waals surface area contributed by atoms with Crippen LogP contribution in [0.4, 0.5) is 0 Å². The minimum Gasteiger partial charge on any atom is -1.00 e. The Morgan fingerprint density at radius 2 is 1.42 bits per heavy atom. The molecule has 3 heteroatoms. The molecule has 0 aliphatic heterocycles. The van der Waals surface area contributed by atoms with Crippen molar-refractivity contribution >= 4 is 10.9 Å². The van der Waals surface area contributed by atoms with Gasteiger partial charge in [-0.15, -0.1) is 0 Å². The Kier molecular flexibility index (Phi) is 6.11. The summed E-state index contributed by atoms with van der Waals surface area (Å²) in [6, 6.07) is 27.8. The molecule has 4 rings (SSSR count). The third-order valence-corrected chi connectivity index (χ3v) is 4.64. The molecular weight excluding hydrogens is 340 g/mol. The molecule has 3 aromatic carbocycles. The number of fused-ring (bicyclic) bond motifs is 1. The quantitative estimate of drug-likeness (QED) is 0.506. The van der Waals surface area contributed by atoms with Gasteiger partial charge in [0.25, 0.3) is 0 Å². The molecule has 0 bridgehead atoms. The molecule has 0 radical (unpaired) electrons. The van der Waals surface area contributed by atoms with E-state index in [1.165, 1.54) is 33.2 Å². The number of aromatic nitrogens is 1. The smallest absolute Gasteiger partial charge is 0.0456 e. The number of aromatic amines is 1. The summed E-state index contributed by atoms with van der Waals surface area (Å²) in [6.07, 6.45) is 3.16. The lowest BCUT2D eigenvalue weighted by molar-refractivity contribution is -0.00000496. The van der Waals surface area contributed by atoms with E-state index in [4.69, 9.17) is 0 Å². The average Bonchev–Trinajstić information content (AvgIpc) is 3.10. The van der Waals surface area contributed by atoms with E-state index in [0.29, 0.717) is 0 Å². The van der Waals surface area contributed by atoms with Crippen LogP contribution in [0.2, 0.25) is 0 Å². The molecule has 0 saturated heterocycles. The van der Waals surface area contributed by atoms with E-state index in [1.54, 1.807) is 0 Å². The largest absolute Gasteiger partial charge is 1.00 e. The summed E-state index contributed by atoms with van der Waals surface area (Å²) in [5, 5.41) is 4.88. The number of hydrogen-bond donors (Lipinski definition) is 2. The molecule has 0 amide bonds. The number of para-hydroxylation sites is 1. The van der Waals surface area contributed by atoms with Crippen LogP contribution in [0.1, 0.15) is 11.1 Å². The Balaban J connectivity index is 0.00000196. The van der Waals surface area contributed by atoms with E-state index < -0.39 is 0 Å². The molecule has 0 saturated carbocycles. The third-order valence-electron chi connectivity index (χ3n) is 4.64. The molecule has 2 nitrogen and oxygen atoms in total. The summed E-state index contributed by atoms with van der Waals surface area (Å²) in [5.74, 6) is 0. The van der Waals surface area contributed by atoms with Crippen molar-refractivity contribution in [1.82, 2.24) is 10.3 Å². The molecule has 0 aliphatic rings. The van der Waals surface area contributed by atoms with Gasteiger partial charge in [0.15, 0.2) is 0 Å². The molecule has 132 valence electrons. The van der Waals surface area contributed by atoms with Crippen LogP contribution in [0.25, 0.3) is 22.0 Å². The monoisotopic (exact) mass is 361 g/mol. The zero-order valence-electron chi connectivity index (χ0n) is 14.6. The number of nitrogens with one attached hydrogen (secondary N) is 2. The number of rotatable bonds is 6. The average molecular weight is 362 g/mol. The molecule has 4 aromatic rings. The van der Waals surface area contributed by atoms with Crippen molar-refractivity contribution in [3.8, 4) is 11.1 Å². The van der Waals surface area contributed by atoms with Gasteiger partial charge in [-0.1, -0.05) is 72.8 Å². The topological polar surface area (TPSA) is 27.8 Å². The first-order valence-corrected chi connectivity index (χ1v) is 8.80. The first-order chi connectivity index (χ1) is 12.4. The van der Waals surface area contributed by atoms with Crippen LogP contribution in [0, 0.1) is 0 Å². The minimum atomic E-state index is 0. The van der Waals surface area contributed by atoms with Crippen LogP contribution < -0.4 is 17.7 Å². The lowest BCUT2D eigenvalue weighted by atomic mass is 10.0. The Bertz CT molecular complexity index is 943. The summed E-state index contributed by atoms with van der Waals surface area (Å²) in [5.41, 5.74) is 6.44. The Labute approximate surface area is 160 Å². The fourth-order valence-electron chi connectivity index (χ4n) is 3.24. The van der Waals surface area contributed by atoms with Crippen LogP contribution in [0.5, 0.6) is 0 Å². The SMILES string of the molecule is [Cl-].c1ccc(-c2ccc(CNCCc3c[nH]c4ccccc34)cc2)cc1. The van der Waals surface area contributed by atoms with Gasteiger partial charge in [-0.2, -0.15) is 0 Å². The first-order valence-electron chi connectivity index (χ1n) is 8.80. The van der Waals surface area contributed by atoms with Crippen LogP contribution in [-0.2, 0) is 13.0 Å². The van der Waals surface area contributed by atoms with Gasteiger partial charge in [0.2, 0.25) is 0 Å². The summed E-state index contributed by atoms with van der Waals surface area (Å²) in [6.45, 7) is 1.87. The fourth-order valence-corrected chi connectivity index (χ4v) is 3.24. The first kappa shape index (κ1) is 18.2. The highest BCUT2D eigenvalue weighted by molar-refractivity contribution is 5.83. The second kappa shape index (κ2) is 8.70. The van der Waals surface area contributed by atoms with Crippen molar-refractivity contribution < 1.29 is 12.4 Å². The number of H-pyrrole nitrogens is 1. The van der Waals surface area contributed by atoms with Gasteiger partial charge in [-0.3, -0.25) is 0 Å². The Morgan fingerprint density at radius 3 is 2.23 bits per heavy atom. The molecule has 1 heterocycles. The van der Waals surface area contributed by atoms with Crippen molar-refractivity contribution in [2.75, 3.05) is 6.54 Å². The van der Waals surface area contributed by atoms with E-state index in [9.17, 15) is 0 Å². The molecule has 0 aliphatic carbocycles. The Hall–Kier alpha value is -2.55. The van der Waals surface area contributed by atoms with Crippen LogP contribution in [0.3, 0.4) is 0 Å². The molecule has 2 N–H and O–H groups in total. The van der Waals surface area contributed by atoms with Gasteiger partial charge in [0.05, 0.1) is 0 Å². The van der Waals surface area contributed by atoms with Crippen LogP contribution >= 0.6 is 0 Å². The number of hydrogen-bond acceptors (Lipinski definition) is 1. The van der Waals surface area contributed by atoms with Crippen LogP contribution in [-0.4, -0.2) is 11.5 Å². The molecular formula is C23H22ClN2-. The lowest BCUT2D eigenvalue weighted by Gasteiger charge is -2.06. The van der Waals surface area contributed by atoms with Crippen molar-refractivity contribution in [2.45, 2.75) is 13.0 Å². The summed E-state index contributed by atoms with van der Waals surface area (Å²) in [7, 11) is 0. The van der Waals surface area contributed by atoms with Crippen LogP contribution in [0.15, 0.2) is 85.1 Å². The van der Waals surface area contributed by atoms with Gasteiger partial charge in [-0.05, 0) is 41.3 Å². The van der Waals surface area contributed by atoms with Crippen molar-refractivity contribution in [3.63, 3.8) is 0 Å². The van der Waals surface area contributed by atoms with Crippen molar-refractivity contribution in [1.29, 1.82) is 0 Å². The third kappa shape index (κ3) is 4.16. The second-order valence-corrected chi connectivity index (χ2v) is 6.35. The van der Waals surface area contributed by atoms with E-state index >= 15 is 0 Å². The number of benzene rings is 3. The zero-order chi connectivity index (χ0) is 16.9. The molecule has 0 spiro atoms. The van der Waals surface area contributed by atoms with Gasteiger partial charge >= 0.3 is 0 Å². The standard InChI is InChI=1S/C23H22N2.ClH/c1-2-6-19(7-3-1)20-12-10-18(11-13-20)16-24-15-14-21-17-25-23-9-5-4-8-22(21)23;/h1-13,17,24-25H,14-16H2;1H/p-1. The van der Waals surface area contributed by atoms with Gasteiger partial charge in [0, 0.05) is 23.6 Å². The predicted molar refractivity (Wildman–Crippen MR) is 106 cm³/mol. The Morgan fingerprint density at radius 1 is 0.731 bits per heavy atom. The summed E-state index contributed by atoms with van der Waals surface area (Å²) in [4.78, 5) is 3.34. The van der Waals surface area contributed by atoms with Crippen molar-refractivity contribution in [2.24, 2.45) is 0 Å². The molecule has 0 fully saturated rings. The normalized spacial score (nSPS) is 10.6. The maximum Gasteiger partial charge on any atom is 0.0456 e. The maximum absolute atomic E-state index is 3.55. The van der Waals surface area contributed by atoms with E-state index in [-0.39, 0.29) is 12.4 Å². The van der Waals surface area contributed by atoms with Crippen molar-refractivity contribution in [3.05, 3.63) is 96.2 Å². The summed E-state index contributed by atoms with van der Waals surface area (Å²) >= 11 is 0. The van der Waals surface area contributed by atoms with Gasteiger partial charge in [0.1, 0.15) is 0 Å². The van der Waals surface area contributed by atoms with E-state index in [1.807, 2.05) is 0 Å².